The number of anilines is 2. The van der Waals surface area contributed by atoms with E-state index >= 15 is 0 Å². The van der Waals surface area contributed by atoms with Gasteiger partial charge in [-0.25, -0.2) is 9.50 Å². The molecular weight excluding hydrogens is 425 g/mol. The van der Waals surface area contributed by atoms with Crippen LogP contribution < -0.4 is 15.5 Å². The van der Waals surface area contributed by atoms with Gasteiger partial charge in [-0.15, -0.1) is 12.4 Å². The average Bonchev–Trinajstić information content (AvgIpc) is 3.43. The lowest BCUT2D eigenvalue weighted by atomic mass is 10.2. The second-order valence-corrected chi connectivity index (χ2v) is 7.28. The van der Waals surface area contributed by atoms with E-state index in [1.165, 1.54) is 17.8 Å². The first kappa shape index (κ1) is 20.4. The Kier molecular flexibility index (Phi) is 4.85. The Bertz CT molecular complexity index is 1110. The molecule has 0 aliphatic carbocycles. The number of fused-ring (bicyclic) bond motifs is 3. The van der Waals surface area contributed by atoms with Crippen LogP contribution in [-0.4, -0.2) is 55.5 Å². The second-order valence-electron chi connectivity index (χ2n) is 7.28. The molecule has 0 saturated carbocycles. The van der Waals surface area contributed by atoms with Crippen LogP contribution in [0.3, 0.4) is 0 Å². The van der Waals surface area contributed by atoms with Gasteiger partial charge in [-0.05, 0) is 12.5 Å². The molecule has 3 aromatic heterocycles. The summed E-state index contributed by atoms with van der Waals surface area (Å²) in [7, 11) is 1.35. The molecule has 2 unspecified atom stereocenters. The molecule has 0 aromatic carbocycles. The summed E-state index contributed by atoms with van der Waals surface area (Å²) < 4.78 is 41.9. The molecule has 2 bridgehead atoms. The van der Waals surface area contributed by atoms with Gasteiger partial charge in [-0.3, -0.25) is 9.48 Å². The van der Waals surface area contributed by atoms with Crippen molar-refractivity contribution in [3.8, 4) is 0 Å². The highest BCUT2D eigenvalue weighted by Crippen LogP contribution is 2.34. The first-order chi connectivity index (χ1) is 13.8. The molecule has 3 aromatic rings. The van der Waals surface area contributed by atoms with Crippen molar-refractivity contribution >= 4 is 35.5 Å². The zero-order valence-corrected chi connectivity index (χ0v) is 16.5. The van der Waals surface area contributed by atoms with Gasteiger partial charge in [-0.2, -0.15) is 23.4 Å². The van der Waals surface area contributed by atoms with E-state index in [1.807, 2.05) is 6.07 Å². The number of alkyl halides is 3. The van der Waals surface area contributed by atoms with Crippen LogP contribution >= 0.6 is 12.4 Å². The van der Waals surface area contributed by atoms with Crippen LogP contribution in [0, 0.1) is 0 Å². The molecule has 5 heterocycles. The van der Waals surface area contributed by atoms with Crippen LogP contribution in [0.25, 0.3) is 5.65 Å². The Labute approximate surface area is 174 Å². The Morgan fingerprint density at radius 1 is 1.37 bits per heavy atom. The molecule has 30 heavy (non-hydrogen) atoms. The summed E-state index contributed by atoms with van der Waals surface area (Å²) in [5.74, 6) is -0.00818. The van der Waals surface area contributed by atoms with Crippen molar-refractivity contribution in [2.45, 2.75) is 24.7 Å². The number of nitrogens with zero attached hydrogens (tertiary/aromatic N) is 6. The number of aryl methyl sites for hydroxylation is 1. The van der Waals surface area contributed by atoms with Crippen molar-refractivity contribution in [3.63, 3.8) is 0 Å². The van der Waals surface area contributed by atoms with E-state index in [0.29, 0.717) is 12.1 Å². The van der Waals surface area contributed by atoms with Crippen LogP contribution in [0.1, 0.15) is 22.5 Å². The van der Waals surface area contributed by atoms with E-state index in [-0.39, 0.29) is 23.6 Å². The van der Waals surface area contributed by atoms with Crippen LogP contribution in [0.5, 0.6) is 0 Å². The van der Waals surface area contributed by atoms with Crippen molar-refractivity contribution in [3.05, 3.63) is 35.9 Å². The van der Waals surface area contributed by atoms with E-state index < -0.39 is 23.5 Å². The van der Waals surface area contributed by atoms with Gasteiger partial charge in [-0.1, -0.05) is 0 Å². The molecule has 2 N–H and O–H groups in total. The molecule has 2 saturated heterocycles. The van der Waals surface area contributed by atoms with Crippen molar-refractivity contribution in [2.24, 2.45) is 7.05 Å². The van der Waals surface area contributed by atoms with E-state index in [2.05, 4.69) is 30.7 Å². The van der Waals surface area contributed by atoms with Gasteiger partial charge in [0, 0.05) is 44.6 Å². The number of piperazine rings is 1. The summed E-state index contributed by atoms with van der Waals surface area (Å²) in [5.41, 5.74) is -1.19. The van der Waals surface area contributed by atoms with Crippen molar-refractivity contribution in [1.29, 1.82) is 0 Å². The van der Waals surface area contributed by atoms with Crippen LogP contribution in [0.15, 0.2) is 24.7 Å². The highest BCUT2D eigenvalue weighted by Gasteiger charge is 2.39. The smallest absolute Gasteiger partial charge is 0.351 e. The number of halogens is 4. The summed E-state index contributed by atoms with van der Waals surface area (Å²) in [4.78, 5) is 19.5. The highest BCUT2D eigenvalue weighted by molar-refractivity contribution is 6.08. The van der Waals surface area contributed by atoms with Gasteiger partial charge in [0.1, 0.15) is 11.4 Å². The molecule has 2 fully saturated rings. The molecule has 160 valence electrons. The minimum atomic E-state index is -4.68. The number of hydrogen-bond acceptors (Lipinski definition) is 6. The Morgan fingerprint density at radius 2 is 2.17 bits per heavy atom. The van der Waals surface area contributed by atoms with Crippen LogP contribution in [-0.2, 0) is 13.2 Å². The molecule has 13 heteroatoms. The predicted molar refractivity (Wildman–Crippen MR) is 104 cm³/mol. The van der Waals surface area contributed by atoms with E-state index in [0.717, 1.165) is 36.2 Å². The summed E-state index contributed by atoms with van der Waals surface area (Å²) in [5, 5.41) is 13.2. The SMILES string of the molecule is Cl.Cn1cc(NC(=O)c2cnn3ccc(N4CC5CC4CN5)nc23)c(C(F)(F)F)n1. The molecule has 2 atom stereocenters. The monoisotopic (exact) mass is 442 g/mol. The Hall–Kier alpha value is -2.86. The normalized spacial score (nSPS) is 20.6. The summed E-state index contributed by atoms with van der Waals surface area (Å²) in [6.07, 6.45) is 0.460. The highest BCUT2D eigenvalue weighted by atomic mass is 35.5. The Balaban J connectivity index is 0.00000218. The number of aromatic nitrogens is 5. The topological polar surface area (TPSA) is 92.4 Å². The lowest BCUT2D eigenvalue weighted by Gasteiger charge is -2.28. The van der Waals surface area contributed by atoms with Gasteiger partial charge in [0.05, 0.1) is 11.9 Å². The predicted octanol–water partition coefficient (Wildman–Crippen LogP) is 1.71. The third kappa shape index (κ3) is 3.35. The number of amides is 1. The van der Waals surface area contributed by atoms with Gasteiger partial charge < -0.3 is 15.5 Å². The number of rotatable bonds is 3. The zero-order chi connectivity index (χ0) is 20.3. The summed E-state index contributed by atoms with van der Waals surface area (Å²) >= 11 is 0. The largest absolute Gasteiger partial charge is 0.437 e. The van der Waals surface area contributed by atoms with Crippen molar-refractivity contribution in [2.75, 3.05) is 23.3 Å². The first-order valence-electron chi connectivity index (χ1n) is 9.06. The maximum Gasteiger partial charge on any atom is 0.437 e. The fraction of sp³-hybridized carbons (Fsp3) is 0.412. The third-order valence-corrected chi connectivity index (χ3v) is 5.30. The van der Waals surface area contributed by atoms with Crippen LogP contribution in [0.4, 0.5) is 24.7 Å². The summed E-state index contributed by atoms with van der Waals surface area (Å²) in [6.45, 7) is 1.71. The minimum Gasteiger partial charge on any atom is -0.351 e. The fourth-order valence-electron chi connectivity index (χ4n) is 4.00. The number of hydrogen-bond donors (Lipinski definition) is 2. The third-order valence-electron chi connectivity index (χ3n) is 5.30. The average molecular weight is 443 g/mol. The molecule has 5 rings (SSSR count). The van der Waals surface area contributed by atoms with Gasteiger partial charge >= 0.3 is 6.18 Å². The van der Waals surface area contributed by atoms with Gasteiger partial charge in [0.15, 0.2) is 11.3 Å². The maximum atomic E-state index is 13.1. The fourth-order valence-corrected chi connectivity index (χ4v) is 4.00. The zero-order valence-electron chi connectivity index (χ0n) is 15.7. The lowest BCUT2D eigenvalue weighted by molar-refractivity contribution is -0.140. The van der Waals surface area contributed by atoms with Crippen molar-refractivity contribution < 1.29 is 18.0 Å². The quantitative estimate of drug-likeness (QED) is 0.641. The van der Waals surface area contributed by atoms with E-state index in [1.54, 1.807) is 6.20 Å². The molecule has 2 aliphatic heterocycles. The van der Waals surface area contributed by atoms with E-state index in [9.17, 15) is 18.0 Å². The number of carbonyl (C=O) groups is 1. The molecule has 1 amide bonds. The molecule has 0 spiro atoms. The van der Waals surface area contributed by atoms with Gasteiger partial charge in [0.2, 0.25) is 0 Å². The first-order valence-corrected chi connectivity index (χ1v) is 9.06. The van der Waals surface area contributed by atoms with E-state index in [4.69, 9.17) is 0 Å². The molecule has 9 nitrogen and oxygen atoms in total. The Morgan fingerprint density at radius 3 is 2.83 bits per heavy atom. The minimum absolute atomic E-state index is 0. The molecule has 2 aliphatic rings. The second kappa shape index (κ2) is 7.13. The van der Waals surface area contributed by atoms with Gasteiger partial charge in [0.25, 0.3) is 5.91 Å². The van der Waals surface area contributed by atoms with Crippen LogP contribution in [0.2, 0.25) is 0 Å². The maximum absolute atomic E-state index is 13.1. The number of nitrogens with one attached hydrogen (secondary N) is 2. The van der Waals surface area contributed by atoms with Crippen molar-refractivity contribution in [1.82, 2.24) is 29.7 Å². The molecular formula is C17H18ClF3N8O. The standard InChI is InChI=1S/C17H17F3N8O.ClH/c1-26-8-12(14(25-26)17(18,19)20)23-16(29)11-6-22-28-3-2-13(24-15(11)28)27-7-9-4-10(27)5-21-9;/h2-3,6,8-10,21H,4-5,7H2,1H3,(H,23,29);1H. The molecule has 0 radical (unpaired) electrons. The summed E-state index contributed by atoms with van der Waals surface area (Å²) in [6, 6.07) is 2.60. The number of carbonyl (C=O) groups excluding carboxylic acids is 1. The lowest BCUT2D eigenvalue weighted by Crippen LogP contribution is -2.44.